The molecule has 4 aliphatic heterocycles. The zero-order valence-electron chi connectivity index (χ0n) is 31.2. The number of anilines is 2. The molecule has 10 heteroatoms. The summed E-state index contributed by atoms with van der Waals surface area (Å²) in [6.07, 6.45) is 4.83. The number of phenolic OH excluding ortho intramolecular Hbond substituents is 2. The quantitative estimate of drug-likeness (QED) is 0.205. The van der Waals surface area contributed by atoms with Crippen molar-refractivity contribution in [3.05, 3.63) is 118 Å². The molecule has 0 radical (unpaired) electrons. The Labute approximate surface area is 322 Å². The Morgan fingerprint density at radius 2 is 1.40 bits per heavy atom. The molecule has 3 N–H and O–H groups in total. The van der Waals surface area contributed by atoms with Gasteiger partial charge < -0.3 is 24.9 Å². The molecule has 3 amide bonds. The van der Waals surface area contributed by atoms with Crippen LogP contribution in [0.3, 0.4) is 0 Å². The highest BCUT2D eigenvalue weighted by atomic mass is 16.3. The number of fused-ring (bicyclic) bond motifs is 2. The van der Waals surface area contributed by atoms with E-state index in [0.29, 0.717) is 35.9 Å². The number of hydrogen-bond acceptors (Lipinski definition) is 8. The largest absolute Gasteiger partial charge is 0.508 e. The second-order valence-corrected chi connectivity index (χ2v) is 16.2. The van der Waals surface area contributed by atoms with E-state index >= 15 is 0 Å². The van der Waals surface area contributed by atoms with E-state index in [2.05, 4.69) is 62.5 Å². The fourth-order valence-corrected chi connectivity index (χ4v) is 9.91. The number of piperidine rings is 2. The summed E-state index contributed by atoms with van der Waals surface area (Å²) < 4.78 is 0. The van der Waals surface area contributed by atoms with Crippen molar-refractivity contribution >= 4 is 29.1 Å². The summed E-state index contributed by atoms with van der Waals surface area (Å²) in [5, 5.41) is 22.9. The molecule has 3 atom stereocenters. The number of benzene rings is 4. The van der Waals surface area contributed by atoms with Crippen LogP contribution in [-0.2, 0) is 22.6 Å². The minimum Gasteiger partial charge on any atom is -0.508 e. The zero-order valence-corrected chi connectivity index (χ0v) is 31.2. The van der Waals surface area contributed by atoms with E-state index in [9.17, 15) is 24.6 Å². The lowest BCUT2D eigenvalue weighted by molar-refractivity contribution is -0.136. The maximum atomic E-state index is 13.2. The van der Waals surface area contributed by atoms with Crippen LogP contribution in [0.25, 0.3) is 0 Å². The van der Waals surface area contributed by atoms with E-state index in [0.717, 1.165) is 75.5 Å². The molecule has 3 saturated heterocycles. The zero-order chi connectivity index (χ0) is 37.6. The molecule has 55 heavy (non-hydrogen) atoms. The van der Waals surface area contributed by atoms with Gasteiger partial charge in [-0.15, -0.1) is 0 Å². The molecule has 1 aliphatic carbocycles. The van der Waals surface area contributed by atoms with E-state index in [-0.39, 0.29) is 36.0 Å². The minimum atomic E-state index is -0.592. The minimum absolute atomic E-state index is 0.128. The number of nitrogens with one attached hydrogen (secondary N) is 1. The second-order valence-electron chi connectivity index (χ2n) is 16.2. The summed E-state index contributed by atoms with van der Waals surface area (Å²) in [6, 6.07) is 28.1. The van der Waals surface area contributed by atoms with Crippen LogP contribution in [0.2, 0.25) is 0 Å². The van der Waals surface area contributed by atoms with E-state index in [1.54, 1.807) is 17.0 Å². The molecule has 0 aromatic heterocycles. The molecular formula is C45H49N5O5. The fourth-order valence-electron chi connectivity index (χ4n) is 9.91. The molecule has 0 spiro atoms. The molecule has 0 unspecified atom stereocenters. The number of amides is 3. The summed E-state index contributed by atoms with van der Waals surface area (Å²) in [5.41, 5.74) is 8.88. The number of carbonyl (C=O) groups excluding carboxylic acids is 3. The van der Waals surface area contributed by atoms with Gasteiger partial charge in [-0.05, 0) is 126 Å². The van der Waals surface area contributed by atoms with E-state index in [1.165, 1.54) is 35.2 Å². The van der Waals surface area contributed by atoms with Crippen molar-refractivity contribution in [2.24, 2.45) is 5.92 Å². The number of rotatable bonds is 7. The van der Waals surface area contributed by atoms with Crippen molar-refractivity contribution < 1.29 is 24.6 Å². The van der Waals surface area contributed by atoms with Gasteiger partial charge in [-0.3, -0.25) is 24.6 Å². The van der Waals surface area contributed by atoms with Crippen molar-refractivity contribution in [1.82, 2.24) is 15.1 Å². The smallest absolute Gasteiger partial charge is 0.255 e. The van der Waals surface area contributed by atoms with Crippen LogP contribution in [0.15, 0.2) is 84.9 Å². The second kappa shape index (κ2) is 14.7. The molecule has 0 bridgehead atoms. The molecule has 10 nitrogen and oxygen atoms in total. The molecule has 0 saturated carbocycles. The first-order chi connectivity index (χ1) is 26.8. The molecule has 3 fully saturated rings. The van der Waals surface area contributed by atoms with Crippen LogP contribution in [0.5, 0.6) is 11.5 Å². The number of phenols is 2. The van der Waals surface area contributed by atoms with Crippen LogP contribution in [-0.4, -0.2) is 89.6 Å². The molecule has 9 rings (SSSR count). The van der Waals surface area contributed by atoms with Gasteiger partial charge in [-0.1, -0.05) is 30.3 Å². The van der Waals surface area contributed by atoms with Crippen molar-refractivity contribution in [3.8, 4) is 11.5 Å². The van der Waals surface area contributed by atoms with Gasteiger partial charge >= 0.3 is 0 Å². The van der Waals surface area contributed by atoms with Crippen molar-refractivity contribution in [3.63, 3.8) is 0 Å². The van der Waals surface area contributed by atoms with E-state index in [4.69, 9.17) is 0 Å². The first-order valence-electron chi connectivity index (χ1n) is 20.0. The summed E-state index contributed by atoms with van der Waals surface area (Å²) in [4.78, 5) is 46.4. The van der Waals surface area contributed by atoms with Crippen molar-refractivity contribution in [2.45, 2.75) is 62.9 Å². The average Bonchev–Trinajstić information content (AvgIpc) is 3.52. The lowest BCUT2D eigenvalue weighted by atomic mass is 9.69. The Kier molecular flexibility index (Phi) is 9.46. The van der Waals surface area contributed by atoms with E-state index < -0.39 is 6.04 Å². The molecule has 5 aliphatic rings. The fraction of sp³-hybridized carbons (Fsp3) is 0.400. The number of hydrogen-bond donors (Lipinski definition) is 3. The molecule has 4 heterocycles. The van der Waals surface area contributed by atoms with Crippen LogP contribution in [0.4, 0.5) is 11.4 Å². The van der Waals surface area contributed by atoms with Crippen molar-refractivity contribution in [1.29, 1.82) is 0 Å². The van der Waals surface area contributed by atoms with Gasteiger partial charge in [0.2, 0.25) is 11.8 Å². The molecule has 4 aromatic carbocycles. The third-order valence-corrected chi connectivity index (χ3v) is 12.9. The normalized spacial score (nSPS) is 23.5. The number of piperazine rings is 1. The first-order valence-corrected chi connectivity index (χ1v) is 20.0. The van der Waals surface area contributed by atoms with Gasteiger partial charge in [0.1, 0.15) is 17.5 Å². The highest BCUT2D eigenvalue weighted by Crippen LogP contribution is 2.47. The number of nitrogens with zero attached hydrogens (tertiary/aromatic N) is 4. The Bertz CT molecular complexity index is 2100. The van der Waals surface area contributed by atoms with Crippen LogP contribution in [0.1, 0.15) is 82.1 Å². The van der Waals surface area contributed by atoms with Gasteiger partial charge in [0, 0.05) is 81.6 Å². The lowest BCUT2D eigenvalue weighted by Crippen LogP contribution is -2.52. The predicted molar refractivity (Wildman–Crippen MR) is 212 cm³/mol. The number of imide groups is 1. The van der Waals surface area contributed by atoms with Gasteiger partial charge in [0.05, 0.1) is 0 Å². The standard InChI is InChI=1S/C45H49N5O5/c51-36-3-1-2-31(25-36)38-11-6-32-26-37(52)10-13-39(32)43(38)30-4-7-34(8-5-30)48-18-16-29(17-19-48)27-47-20-22-49(23-21-47)35-9-12-40-33(24-35)28-50(45(40)55)41-14-15-42(53)46-44(41)54/h1-5,7-10,12-13,24-26,29,38,41,43,51-52H,6,11,14-23,27-28H2,(H,46,53,54)/t38-,41+,43+/m1/s1. The Hall–Kier alpha value is -5.35. The summed E-state index contributed by atoms with van der Waals surface area (Å²) in [6.45, 7) is 7.51. The third kappa shape index (κ3) is 7.04. The van der Waals surface area contributed by atoms with Gasteiger partial charge in [-0.2, -0.15) is 0 Å². The van der Waals surface area contributed by atoms with Gasteiger partial charge in [0.25, 0.3) is 5.91 Å². The number of aromatic hydroxyl groups is 2. The maximum absolute atomic E-state index is 13.2. The topological polar surface area (TPSA) is 117 Å². The van der Waals surface area contributed by atoms with Crippen LogP contribution < -0.4 is 15.1 Å². The SMILES string of the molecule is O=C1CC[C@H](N2Cc3cc(N4CCN(CC5CCN(c6ccc([C@@H]7c8ccc(O)cc8CC[C@@H]7c7cccc(O)c7)cc6)CC5)CC4)ccc3C2=O)C(=O)N1. The lowest BCUT2D eigenvalue weighted by Gasteiger charge is -2.40. The van der Waals surface area contributed by atoms with Crippen molar-refractivity contribution in [2.75, 3.05) is 55.6 Å². The first kappa shape index (κ1) is 35.4. The Balaban J connectivity index is 0.785. The summed E-state index contributed by atoms with van der Waals surface area (Å²) in [5.74, 6) is 0.892. The number of aryl methyl sites for hydroxylation is 1. The Morgan fingerprint density at radius 3 is 2.16 bits per heavy atom. The van der Waals surface area contributed by atoms with Gasteiger partial charge in [0.15, 0.2) is 0 Å². The monoisotopic (exact) mass is 739 g/mol. The highest BCUT2D eigenvalue weighted by Gasteiger charge is 2.39. The van der Waals surface area contributed by atoms with Crippen LogP contribution in [0, 0.1) is 5.92 Å². The Morgan fingerprint density at radius 1 is 0.655 bits per heavy atom. The third-order valence-electron chi connectivity index (χ3n) is 12.9. The highest BCUT2D eigenvalue weighted by molar-refractivity contribution is 6.05. The average molecular weight is 740 g/mol. The molecule has 284 valence electrons. The molecular weight excluding hydrogens is 691 g/mol. The number of carbonyl (C=O) groups is 3. The molecule has 4 aromatic rings. The summed E-state index contributed by atoms with van der Waals surface area (Å²) >= 11 is 0. The van der Waals surface area contributed by atoms with Gasteiger partial charge in [-0.25, -0.2) is 0 Å². The summed E-state index contributed by atoms with van der Waals surface area (Å²) in [7, 11) is 0. The maximum Gasteiger partial charge on any atom is 0.255 e. The van der Waals surface area contributed by atoms with Crippen LogP contribution >= 0.6 is 0 Å². The predicted octanol–water partition coefficient (Wildman–Crippen LogP) is 5.76. The van der Waals surface area contributed by atoms with E-state index in [1.807, 2.05) is 30.3 Å².